The second-order valence-electron chi connectivity index (χ2n) is 8.54. The van der Waals surface area contributed by atoms with E-state index in [0.717, 1.165) is 27.2 Å². The topological polar surface area (TPSA) is 125 Å². The highest BCUT2D eigenvalue weighted by atomic mass is 16.5. The van der Waals surface area contributed by atoms with Crippen LogP contribution >= 0.6 is 0 Å². The van der Waals surface area contributed by atoms with Gasteiger partial charge in [0.2, 0.25) is 5.91 Å². The average Bonchev–Trinajstić information content (AvgIpc) is 3.38. The number of carbonyl (C=O) groups is 3. The highest BCUT2D eigenvalue weighted by Crippen LogP contribution is 2.44. The van der Waals surface area contributed by atoms with Gasteiger partial charge in [-0.15, -0.1) is 0 Å². The summed E-state index contributed by atoms with van der Waals surface area (Å²) in [7, 11) is 1.47. The smallest absolute Gasteiger partial charge is 0.407 e. The maximum Gasteiger partial charge on any atom is 0.407 e. The van der Waals surface area contributed by atoms with Gasteiger partial charge >= 0.3 is 12.1 Å². The first kappa shape index (κ1) is 23.7. The summed E-state index contributed by atoms with van der Waals surface area (Å²) in [4.78, 5) is 38.4. The largest absolute Gasteiger partial charge is 0.480 e. The molecule has 3 N–H and O–H groups in total. The molecule has 2 aromatic carbocycles. The zero-order chi connectivity index (χ0) is 24.2. The number of carboxylic acids is 1. The maximum atomic E-state index is 13.1. The summed E-state index contributed by atoms with van der Waals surface area (Å²) in [6.07, 6.45) is -1.62. The normalized spacial score (nSPS) is 19.9. The van der Waals surface area contributed by atoms with Crippen molar-refractivity contribution >= 4 is 18.0 Å². The predicted octanol–water partition coefficient (Wildman–Crippen LogP) is 1.98. The fraction of sp³-hybridized carbons (Fsp3) is 0.400. The first-order chi connectivity index (χ1) is 16.4. The van der Waals surface area contributed by atoms with E-state index in [0.29, 0.717) is 0 Å². The van der Waals surface area contributed by atoms with Crippen LogP contribution in [0.4, 0.5) is 4.79 Å². The third-order valence-electron chi connectivity index (χ3n) is 6.39. The summed E-state index contributed by atoms with van der Waals surface area (Å²) >= 11 is 0. The summed E-state index contributed by atoms with van der Waals surface area (Å²) in [5.74, 6) is -1.91. The van der Waals surface area contributed by atoms with Crippen molar-refractivity contribution in [1.82, 2.24) is 10.2 Å². The molecule has 3 atom stereocenters. The van der Waals surface area contributed by atoms with E-state index in [1.807, 2.05) is 48.5 Å². The number of benzene rings is 2. The molecule has 2 aromatic rings. The lowest BCUT2D eigenvalue weighted by Gasteiger charge is -2.27. The highest BCUT2D eigenvalue weighted by Gasteiger charge is 2.41. The molecule has 34 heavy (non-hydrogen) atoms. The van der Waals surface area contributed by atoms with Crippen molar-refractivity contribution in [3.8, 4) is 11.1 Å². The number of nitrogens with zero attached hydrogens (tertiary/aromatic N) is 1. The van der Waals surface area contributed by atoms with Gasteiger partial charge in [-0.05, 0) is 22.3 Å². The standard InChI is InChI=1S/C25H28N2O7/c1-33-11-10-21(23(29)27-13-15(28)12-22(27)24(30)31)26-25(32)34-14-20-18-8-4-2-6-16(18)17-7-3-5-9-19(17)20/h2-9,15,20-22,28H,10-14H2,1H3,(H,26,32)(H,30,31)/t15-,21?,22-/m1/s1. The Kier molecular flexibility index (Phi) is 7.14. The molecular weight excluding hydrogens is 440 g/mol. The van der Waals surface area contributed by atoms with Crippen molar-refractivity contribution in [1.29, 1.82) is 0 Å². The van der Waals surface area contributed by atoms with E-state index in [4.69, 9.17) is 9.47 Å². The SMILES string of the molecule is COCCC(NC(=O)OCC1c2ccccc2-c2ccccc21)C(=O)N1C[C@H](O)C[C@@H]1C(=O)O. The number of methoxy groups -OCH3 is 1. The number of hydrogen-bond donors (Lipinski definition) is 3. The number of aliphatic hydroxyl groups is 1. The Morgan fingerprint density at radius 3 is 2.29 bits per heavy atom. The summed E-state index contributed by atoms with van der Waals surface area (Å²) in [5, 5.41) is 21.9. The van der Waals surface area contributed by atoms with Gasteiger partial charge in [-0.3, -0.25) is 4.79 Å². The van der Waals surface area contributed by atoms with Gasteiger partial charge in [0.1, 0.15) is 18.7 Å². The molecular formula is C25H28N2O7. The van der Waals surface area contributed by atoms with Gasteiger partial charge in [0, 0.05) is 39.0 Å². The van der Waals surface area contributed by atoms with E-state index in [2.05, 4.69) is 5.32 Å². The van der Waals surface area contributed by atoms with Gasteiger partial charge in [-0.2, -0.15) is 0 Å². The Morgan fingerprint density at radius 2 is 1.71 bits per heavy atom. The Morgan fingerprint density at radius 1 is 1.09 bits per heavy atom. The Labute approximate surface area is 197 Å². The van der Waals surface area contributed by atoms with Crippen LogP contribution in [0.1, 0.15) is 29.9 Å². The molecule has 0 spiro atoms. The number of nitrogens with one attached hydrogen (secondary N) is 1. The van der Waals surface area contributed by atoms with E-state index in [-0.39, 0.29) is 38.5 Å². The second-order valence-corrected chi connectivity index (χ2v) is 8.54. The predicted molar refractivity (Wildman–Crippen MR) is 122 cm³/mol. The number of likely N-dealkylation sites (tertiary alicyclic amines) is 1. The quantitative estimate of drug-likeness (QED) is 0.541. The molecule has 1 heterocycles. The van der Waals surface area contributed by atoms with Crippen LogP contribution in [-0.2, 0) is 19.1 Å². The van der Waals surface area contributed by atoms with Crippen molar-refractivity contribution in [3.05, 3.63) is 59.7 Å². The molecule has 2 amide bonds. The molecule has 0 aromatic heterocycles. The third-order valence-corrected chi connectivity index (χ3v) is 6.39. The van der Waals surface area contributed by atoms with Crippen molar-refractivity contribution in [3.63, 3.8) is 0 Å². The minimum Gasteiger partial charge on any atom is -0.480 e. The lowest BCUT2D eigenvalue weighted by atomic mass is 9.98. The third kappa shape index (κ3) is 4.76. The molecule has 1 unspecified atom stereocenters. The number of fused-ring (bicyclic) bond motifs is 3. The summed E-state index contributed by atoms with van der Waals surface area (Å²) in [6.45, 7) is 0.158. The molecule has 4 rings (SSSR count). The minimum atomic E-state index is -1.20. The molecule has 9 heteroatoms. The number of rotatable bonds is 8. The van der Waals surface area contributed by atoms with Crippen molar-refractivity contribution in [2.75, 3.05) is 26.9 Å². The number of hydrogen-bond acceptors (Lipinski definition) is 6. The maximum absolute atomic E-state index is 13.1. The van der Waals surface area contributed by atoms with Crippen molar-refractivity contribution < 1.29 is 34.1 Å². The van der Waals surface area contributed by atoms with Crippen LogP contribution in [0, 0.1) is 0 Å². The number of carboxylic acid groups (broad SMARTS) is 1. The number of aliphatic hydroxyl groups excluding tert-OH is 1. The van der Waals surface area contributed by atoms with Crippen LogP contribution in [0.5, 0.6) is 0 Å². The van der Waals surface area contributed by atoms with Gasteiger partial charge in [0.05, 0.1) is 6.10 Å². The Bertz CT molecular complexity index is 1030. The molecule has 0 saturated carbocycles. The van der Waals surface area contributed by atoms with Crippen LogP contribution in [0.2, 0.25) is 0 Å². The fourth-order valence-electron chi connectivity index (χ4n) is 4.77. The monoisotopic (exact) mass is 468 g/mol. The van der Waals surface area contributed by atoms with E-state index in [1.54, 1.807) is 0 Å². The van der Waals surface area contributed by atoms with Gasteiger partial charge in [-0.25, -0.2) is 9.59 Å². The van der Waals surface area contributed by atoms with Gasteiger partial charge in [-0.1, -0.05) is 48.5 Å². The number of ether oxygens (including phenoxy) is 2. The Hall–Kier alpha value is -3.43. The molecule has 1 saturated heterocycles. The molecule has 180 valence electrons. The zero-order valence-corrected chi connectivity index (χ0v) is 18.8. The molecule has 0 radical (unpaired) electrons. The lowest BCUT2D eigenvalue weighted by Crippen LogP contribution is -2.52. The molecule has 1 fully saturated rings. The molecule has 2 aliphatic rings. The van der Waals surface area contributed by atoms with Crippen LogP contribution < -0.4 is 5.32 Å². The van der Waals surface area contributed by atoms with Crippen LogP contribution in [0.3, 0.4) is 0 Å². The summed E-state index contributed by atoms with van der Waals surface area (Å²) < 4.78 is 10.6. The van der Waals surface area contributed by atoms with E-state index >= 15 is 0 Å². The van der Waals surface area contributed by atoms with Crippen molar-refractivity contribution in [2.24, 2.45) is 0 Å². The first-order valence-corrected chi connectivity index (χ1v) is 11.2. The van der Waals surface area contributed by atoms with Crippen molar-refractivity contribution in [2.45, 2.75) is 36.9 Å². The number of β-amino-alcohol motifs (C(OH)–C–C–N with tert-alkyl or cyclic N) is 1. The molecule has 1 aliphatic heterocycles. The van der Waals surface area contributed by atoms with E-state index in [9.17, 15) is 24.6 Å². The minimum absolute atomic E-state index is 0.0526. The second kappa shape index (κ2) is 10.2. The van der Waals surface area contributed by atoms with Gasteiger partial charge < -0.3 is 29.9 Å². The van der Waals surface area contributed by atoms with Gasteiger partial charge in [0.15, 0.2) is 0 Å². The number of aliphatic carboxylic acids is 1. The number of carbonyl (C=O) groups excluding carboxylic acids is 2. The summed E-state index contributed by atoms with van der Waals surface area (Å²) in [5.41, 5.74) is 4.35. The van der Waals surface area contributed by atoms with E-state index < -0.39 is 36.2 Å². The number of amides is 2. The number of alkyl carbamates (subject to hydrolysis) is 1. The molecule has 9 nitrogen and oxygen atoms in total. The average molecular weight is 469 g/mol. The van der Waals surface area contributed by atoms with Crippen LogP contribution in [0.15, 0.2) is 48.5 Å². The molecule has 1 aliphatic carbocycles. The van der Waals surface area contributed by atoms with E-state index in [1.165, 1.54) is 7.11 Å². The Balaban J connectivity index is 1.44. The summed E-state index contributed by atoms with van der Waals surface area (Å²) in [6, 6.07) is 13.7. The first-order valence-electron chi connectivity index (χ1n) is 11.2. The van der Waals surface area contributed by atoms with Crippen LogP contribution in [-0.4, -0.2) is 78.1 Å². The zero-order valence-electron chi connectivity index (χ0n) is 18.8. The fourth-order valence-corrected chi connectivity index (χ4v) is 4.77. The van der Waals surface area contributed by atoms with Crippen LogP contribution in [0.25, 0.3) is 11.1 Å². The highest BCUT2D eigenvalue weighted by molar-refractivity contribution is 5.90. The van der Waals surface area contributed by atoms with Gasteiger partial charge in [0.25, 0.3) is 0 Å². The lowest BCUT2D eigenvalue weighted by molar-refractivity contribution is -0.149. The molecule has 0 bridgehead atoms.